The van der Waals surface area contributed by atoms with Crippen molar-refractivity contribution >= 4 is 17.8 Å². The van der Waals surface area contributed by atoms with Crippen molar-refractivity contribution in [1.82, 2.24) is 10.6 Å². The number of nitrogens with one attached hydrogen (secondary N) is 2. The first-order chi connectivity index (χ1) is 12.7. The first-order valence-corrected chi connectivity index (χ1v) is 8.81. The monoisotopic (exact) mass is 380 g/mol. The van der Waals surface area contributed by atoms with Crippen LogP contribution in [0.25, 0.3) is 0 Å². The van der Waals surface area contributed by atoms with Crippen LogP contribution in [0.2, 0.25) is 0 Å². The van der Waals surface area contributed by atoms with Gasteiger partial charge in [-0.15, -0.1) is 0 Å². The van der Waals surface area contributed by atoms with E-state index in [0.29, 0.717) is 24.9 Å². The number of phenols is 1. The highest BCUT2D eigenvalue weighted by Gasteiger charge is 2.25. The molecule has 1 aromatic rings. The van der Waals surface area contributed by atoms with Crippen molar-refractivity contribution in [2.75, 3.05) is 6.54 Å². The zero-order valence-electron chi connectivity index (χ0n) is 15.4. The van der Waals surface area contributed by atoms with Gasteiger partial charge in [-0.05, 0) is 44.0 Å². The summed E-state index contributed by atoms with van der Waals surface area (Å²) in [7, 11) is 0. The molecule has 9 nitrogen and oxygen atoms in total. The van der Waals surface area contributed by atoms with Gasteiger partial charge in [-0.2, -0.15) is 0 Å². The second-order valence-corrected chi connectivity index (χ2v) is 6.39. The van der Waals surface area contributed by atoms with Gasteiger partial charge in [-0.25, -0.2) is 4.79 Å². The van der Waals surface area contributed by atoms with E-state index in [4.69, 9.17) is 11.5 Å². The Labute approximate surface area is 158 Å². The molecule has 0 bridgehead atoms. The Bertz CT molecular complexity index is 635. The summed E-state index contributed by atoms with van der Waals surface area (Å²) in [5.74, 6) is -2.23. The van der Waals surface area contributed by atoms with Gasteiger partial charge < -0.3 is 32.3 Å². The minimum absolute atomic E-state index is 0.0423. The van der Waals surface area contributed by atoms with Crippen LogP contribution >= 0.6 is 0 Å². The number of carbonyl (C=O) groups is 3. The lowest BCUT2D eigenvalue weighted by Crippen LogP contribution is -2.53. The topological polar surface area (TPSA) is 168 Å². The third-order valence-electron chi connectivity index (χ3n) is 4.05. The molecule has 0 spiro atoms. The first-order valence-electron chi connectivity index (χ1n) is 8.81. The van der Waals surface area contributed by atoms with E-state index in [1.54, 1.807) is 12.1 Å². The number of aromatic hydroxyl groups is 1. The van der Waals surface area contributed by atoms with Crippen molar-refractivity contribution in [3.63, 3.8) is 0 Å². The lowest BCUT2D eigenvalue weighted by molar-refractivity contribution is -0.142. The minimum Gasteiger partial charge on any atom is -0.508 e. The summed E-state index contributed by atoms with van der Waals surface area (Å²) in [5.41, 5.74) is 11.8. The number of rotatable bonds is 11. The molecular formula is C18H28N4O5. The molecule has 0 unspecified atom stereocenters. The molecule has 150 valence electrons. The molecule has 2 amide bonds. The fourth-order valence-electron chi connectivity index (χ4n) is 2.39. The Morgan fingerprint density at radius 1 is 1.07 bits per heavy atom. The van der Waals surface area contributed by atoms with Crippen LogP contribution in [-0.2, 0) is 20.8 Å². The average molecular weight is 380 g/mol. The maximum atomic E-state index is 12.2. The molecule has 1 rings (SSSR count). The highest BCUT2D eigenvalue weighted by molar-refractivity contribution is 5.91. The number of unbranched alkanes of at least 4 members (excludes halogenated alkanes) is 1. The summed E-state index contributed by atoms with van der Waals surface area (Å²) >= 11 is 0. The zero-order valence-corrected chi connectivity index (χ0v) is 15.4. The molecule has 0 fully saturated rings. The summed E-state index contributed by atoms with van der Waals surface area (Å²) in [6.07, 6.45) is 1.96. The minimum atomic E-state index is -1.20. The normalized spacial score (nSPS) is 14.0. The van der Waals surface area contributed by atoms with Crippen molar-refractivity contribution in [2.24, 2.45) is 11.5 Å². The maximum absolute atomic E-state index is 12.2. The lowest BCUT2D eigenvalue weighted by atomic mass is 10.1. The number of benzene rings is 1. The van der Waals surface area contributed by atoms with E-state index in [1.807, 2.05) is 0 Å². The number of carboxylic acid groups (broad SMARTS) is 1. The molecule has 3 atom stereocenters. The van der Waals surface area contributed by atoms with Gasteiger partial charge in [0.25, 0.3) is 0 Å². The number of phenolic OH excluding ortho intramolecular Hbond substituents is 1. The number of aliphatic carboxylic acids is 1. The highest BCUT2D eigenvalue weighted by atomic mass is 16.4. The first kappa shape index (κ1) is 22.4. The maximum Gasteiger partial charge on any atom is 0.326 e. The van der Waals surface area contributed by atoms with Crippen LogP contribution in [0.3, 0.4) is 0 Å². The van der Waals surface area contributed by atoms with Crippen molar-refractivity contribution in [1.29, 1.82) is 0 Å². The Balaban J connectivity index is 2.58. The Hall–Kier alpha value is -2.65. The van der Waals surface area contributed by atoms with Gasteiger partial charge >= 0.3 is 5.97 Å². The summed E-state index contributed by atoms with van der Waals surface area (Å²) in [6.45, 7) is 1.98. The van der Waals surface area contributed by atoms with E-state index in [0.717, 1.165) is 6.42 Å². The molecular weight excluding hydrogens is 352 g/mol. The third-order valence-corrected chi connectivity index (χ3v) is 4.05. The number of hydrogen-bond donors (Lipinski definition) is 6. The van der Waals surface area contributed by atoms with Gasteiger partial charge in [-0.3, -0.25) is 9.59 Å². The van der Waals surface area contributed by atoms with Crippen LogP contribution in [0, 0.1) is 0 Å². The van der Waals surface area contributed by atoms with Crippen molar-refractivity contribution in [3.05, 3.63) is 29.8 Å². The third kappa shape index (κ3) is 8.06. The molecule has 0 aromatic heterocycles. The number of amides is 2. The van der Waals surface area contributed by atoms with Gasteiger partial charge in [0, 0.05) is 6.42 Å². The lowest BCUT2D eigenvalue weighted by Gasteiger charge is -2.20. The number of carbonyl (C=O) groups excluding carboxylic acids is 2. The average Bonchev–Trinajstić information content (AvgIpc) is 2.62. The summed E-state index contributed by atoms with van der Waals surface area (Å²) in [5, 5.41) is 23.5. The van der Waals surface area contributed by atoms with Gasteiger partial charge in [0.1, 0.15) is 17.8 Å². The molecule has 0 aliphatic carbocycles. The molecule has 0 heterocycles. The highest BCUT2D eigenvalue weighted by Crippen LogP contribution is 2.11. The molecule has 0 saturated heterocycles. The van der Waals surface area contributed by atoms with Crippen molar-refractivity contribution in [3.8, 4) is 5.75 Å². The van der Waals surface area contributed by atoms with E-state index < -0.39 is 35.9 Å². The van der Waals surface area contributed by atoms with Crippen molar-refractivity contribution in [2.45, 2.75) is 50.7 Å². The number of nitrogens with two attached hydrogens (primary N) is 2. The molecule has 8 N–H and O–H groups in total. The van der Waals surface area contributed by atoms with Gasteiger partial charge in [0.15, 0.2) is 0 Å². The molecule has 0 aliphatic rings. The molecule has 0 aliphatic heterocycles. The second kappa shape index (κ2) is 11.1. The molecule has 0 saturated carbocycles. The predicted molar refractivity (Wildman–Crippen MR) is 99.9 cm³/mol. The van der Waals surface area contributed by atoms with Crippen LogP contribution in [0.1, 0.15) is 31.7 Å². The summed E-state index contributed by atoms with van der Waals surface area (Å²) in [4.78, 5) is 35.7. The molecule has 27 heavy (non-hydrogen) atoms. The summed E-state index contributed by atoms with van der Waals surface area (Å²) < 4.78 is 0. The quantitative estimate of drug-likeness (QED) is 0.280. The predicted octanol–water partition coefficient (Wildman–Crippen LogP) is -0.535. The SMILES string of the molecule is C[C@H](NC(=O)[C@@H](N)CCCCN)C(=O)N[C@@H](Cc1ccc(O)cc1)C(=O)O. The van der Waals surface area contributed by atoms with E-state index in [9.17, 15) is 24.6 Å². The largest absolute Gasteiger partial charge is 0.508 e. The Morgan fingerprint density at radius 3 is 2.26 bits per heavy atom. The standard InChI is InChI=1S/C18H28N4O5/c1-11(21-17(25)14(20)4-2-3-9-19)16(24)22-15(18(26)27)10-12-5-7-13(23)8-6-12/h5-8,11,14-15,23H,2-4,9-10,19-20H2,1H3,(H,21,25)(H,22,24)(H,26,27)/t11-,14-,15-/m0/s1. The van der Waals surface area contributed by atoms with Crippen LogP contribution in [0.15, 0.2) is 24.3 Å². The Kier molecular flexibility index (Phi) is 9.24. The molecule has 1 aromatic carbocycles. The van der Waals surface area contributed by atoms with Crippen LogP contribution in [0.5, 0.6) is 5.75 Å². The second-order valence-electron chi connectivity index (χ2n) is 6.39. The van der Waals surface area contributed by atoms with Gasteiger partial charge in [0.2, 0.25) is 11.8 Å². The van der Waals surface area contributed by atoms with Crippen LogP contribution in [0.4, 0.5) is 0 Å². The van der Waals surface area contributed by atoms with E-state index in [2.05, 4.69) is 10.6 Å². The smallest absolute Gasteiger partial charge is 0.326 e. The fraction of sp³-hybridized carbons (Fsp3) is 0.500. The number of hydrogen-bond acceptors (Lipinski definition) is 6. The van der Waals surface area contributed by atoms with Crippen LogP contribution < -0.4 is 22.1 Å². The summed E-state index contributed by atoms with van der Waals surface area (Å²) in [6, 6.07) is 3.17. The van der Waals surface area contributed by atoms with E-state index in [-0.39, 0.29) is 12.2 Å². The van der Waals surface area contributed by atoms with Crippen LogP contribution in [-0.4, -0.2) is 52.7 Å². The number of carboxylic acids is 1. The Morgan fingerprint density at radius 2 is 1.70 bits per heavy atom. The van der Waals surface area contributed by atoms with E-state index in [1.165, 1.54) is 19.1 Å². The van der Waals surface area contributed by atoms with E-state index >= 15 is 0 Å². The van der Waals surface area contributed by atoms with Gasteiger partial charge in [-0.1, -0.05) is 18.6 Å². The van der Waals surface area contributed by atoms with Gasteiger partial charge in [0.05, 0.1) is 6.04 Å². The molecule has 9 heteroatoms. The zero-order chi connectivity index (χ0) is 20.4. The fourth-order valence-corrected chi connectivity index (χ4v) is 2.39. The van der Waals surface area contributed by atoms with Crippen molar-refractivity contribution < 1.29 is 24.6 Å². The molecule has 0 radical (unpaired) electrons.